The van der Waals surface area contributed by atoms with Crippen LogP contribution in [0.1, 0.15) is 88.7 Å². The number of rotatable bonds is 8. The van der Waals surface area contributed by atoms with Crippen LogP contribution in [0.15, 0.2) is 54.6 Å². The van der Waals surface area contributed by atoms with Crippen LogP contribution in [0.2, 0.25) is 0 Å². The molecule has 0 heterocycles. The maximum Gasteiger partial charge on any atom is 0.167 e. The smallest absolute Gasteiger partial charge is 0.167 e. The first-order valence-electron chi connectivity index (χ1n) is 15.1. The van der Waals surface area contributed by atoms with Crippen molar-refractivity contribution in [1.82, 2.24) is 0 Å². The molecule has 2 aliphatic rings. The van der Waals surface area contributed by atoms with Gasteiger partial charge < -0.3 is 0 Å². The highest BCUT2D eigenvalue weighted by molar-refractivity contribution is 5.74. The fourth-order valence-corrected chi connectivity index (χ4v) is 6.88. The standard InChI is InChI=1S/C36H40F4/c1-3-4-5-6-24-8-10-25(11-9-24)26-12-14-27(15-13-26)31-21-22-32(36(40)35(31)39)29-18-16-28(17-19-29)30-20-7-23(2)33(37)34(30)38/h7,14,16-22,24-26H,3-6,8-13,15H2,1-2H3. The van der Waals surface area contributed by atoms with Crippen molar-refractivity contribution < 1.29 is 17.6 Å². The van der Waals surface area contributed by atoms with Crippen LogP contribution in [0, 0.1) is 47.9 Å². The molecule has 3 aromatic rings. The van der Waals surface area contributed by atoms with E-state index in [1.54, 1.807) is 36.4 Å². The summed E-state index contributed by atoms with van der Waals surface area (Å²) in [7, 11) is 0. The minimum atomic E-state index is -0.910. The van der Waals surface area contributed by atoms with Gasteiger partial charge >= 0.3 is 0 Å². The summed E-state index contributed by atoms with van der Waals surface area (Å²) < 4.78 is 59.1. The molecule has 0 bridgehead atoms. The van der Waals surface area contributed by atoms with Gasteiger partial charge in [0, 0.05) is 16.7 Å². The number of aryl methyl sites for hydroxylation is 1. The lowest BCUT2D eigenvalue weighted by molar-refractivity contribution is 0.187. The first-order chi connectivity index (χ1) is 19.4. The zero-order valence-electron chi connectivity index (χ0n) is 23.7. The molecule has 1 fully saturated rings. The quantitative estimate of drug-likeness (QED) is 0.194. The molecule has 0 nitrogen and oxygen atoms in total. The lowest BCUT2D eigenvalue weighted by atomic mass is 9.70. The minimum absolute atomic E-state index is 0.138. The van der Waals surface area contributed by atoms with Gasteiger partial charge in [-0.05, 0) is 79.0 Å². The SMILES string of the molecule is CCCCCC1CCC(C2CC=C(c3ccc(-c4ccc(-c5ccc(C)c(F)c5F)cc4)c(F)c3F)CC2)CC1. The van der Waals surface area contributed by atoms with Crippen LogP contribution in [-0.4, -0.2) is 0 Å². The van der Waals surface area contributed by atoms with E-state index in [9.17, 15) is 8.78 Å². The van der Waals surface area contributed by atoms with Gasteiger partial charge in [-0.2, -0.15) is 0 Å². The summed E-state index contributed by atoms with van der Waals surface area (Å²) in [6, 6.07) is 12.8. The Balaban J connectivity index is 1.25. The summed E-state index contributed by atoms with van der Waals surface area (Å²) in [4.78, 5) is 0. The van der Waals surface area contributed by atoms with E-state index in [1.165, 1.54) is 70.4 Å². The van der Waals surface area contributed by atoms with Gasteiger partial charge in [0.1, 0.15) is 0 Å². The number of hydrogen-bond acceptors (Lipinski definition) is 0. The summed E-state index contributed by atoms with van der Waals surface area (Å²) in [6.45, 7) is 3.77. The highest BCUT2D eigenvalue weighted by Crippen LogP contribution is 2.43. The van der Waals surface area contributed by atoms with Crippen LogP contribution in [0.3, 0.4) is 0 Å². The van der Waals surface area contributed by atoms with Gasteiger partial charge in [-0.25, -0.2) is 17.6 Å². The van der Waals surface area contributed by atoms with E-state index in [0.29, 0.717) is 22.6 Å². The van der Waals surface area contributed by atoms with Crippen LogP contribution in [0.25, 0.3) is 27.8 Å². The van der Waals surface area contributed by atoms with E-state index >= 15 is 8.78 Å². The molecule has 0 saturated heterocycles. The summed E-state index contributed by atoms with van der Waals surface area (Å²) in [6.07, 6.45) is 15.6. The predicted octanol–water partition coefficient (Wildman–Crippen LogP) is 11.5. The zero-order chi connectivity index (χ0) is 28.2. The van der Waals surface area contributed by atoms with Crippen molar-refractivity contribution in [2.75, 3.05) is 0 Å². The highest BCUT2D eigenvalue weighted by Gasteiger charge is 2.29. The average molecular weight is 549 g/mol. The van der Waals surface area contributed by atoms with Crippen molar-refractivity contribution in [1.29, 1.82) is 0 Å². The Morgan fingerprint density at radius 3 is 1.80 bits per heavy atom. The third-order valence-corrected chi connectivity index (χ3v) is 9.44. The van der Waals surface area contributed by atoms with Crippen LogP contribution in [0.4, 0.5) is 17.6 Å². The first-order valence-corrected chi connectivity index (χ1v) is 15.1. The summed E-state index contributed by atoms with van der Waals surface area (Å²) >= 11 is 0. The average Bonchev–Trinajstić information content (AvgIpc) is 2.98. The highest BCUT2D eigenvalue weighted by atomic mass is 19.2. The normalized spacial score (nSPS) is 21.4. The minimum Gasteiger partial charge on any atom is -0.203 e. The molecule has 0 aliphatic heterocycles. The van der Waals surface area contributed by atoms with Gasteiger partial charge in [0.05, 0.1) is 0 Å². The third kappa shape index (κ3) is 6.06. The Labute approximate surface area is 236 Å². The largest absolute Gasteiger partial charge is 0.203 e. The monoisotopic (exact) mass is 548 g/mol. The zero-order valence-corrected chi connectivity index (χ0v) is 23.7. The van der Waals surface area contributed by atoms with E-state index in [1.807, 2.05) is 0 Å². The first kappa shape index (κ1) is 28.6. The predicted molar refractivity (Wildman–Crippen MR) is 157 cm³/mol. The molecule has 0 N–H and O–H groups in total. The molecule has 3 aromatic carbocycles. The van der Waals surface area contributed by atoms with Crippen LogP contribution >= 0.6 is 0 Å². The fraction of sp³-hybridized carbons (Fsp3) is 0.444. The number of unbranched alkanes of at least 4 members (excludes halogenated alkanes) is 2. The molecule has 0 aromatic heterocycles. The van der Waals surface area contributed by atoms with Crippen LogP contribution < -0.4 is 0 Å². The molecule has 1 unspecified atom stereocenters. The number of allylic oxidation sites excluding steroid dienone is 2. The van der Waals surface area contributed by atoms with Gasteiger partial charge in [-0.1, -0.05) is 100 Å². The van der Waals surface area contributed by atoms with Gasteiger partial charge in [0.25, 0.3) is 0 Å². The Morgan fingerprint density at radius 1 is 0.625 bits per heavy atom. The second kappa shape index (κ2) is 12.7. The Morgan fingerprint density at radius 2 is 1.20 bits per heavy atom. The molecular weight excluding hydrogens is 508 g/mol. The van der Waals surface area contributed by atoms with Gasteiger partial charge in [0.15, 0.2) is 23.3 Å². The van der Waals surface area contributed by atoms with E-state index in [-0.39, 0.29) is 16.7 Å². The van der Waals surface area contributed by atoms with Crippen molar-refractivity contribution in [3.05, 3.63) is 89.0 Å². The van der Waals surface area contributed by atoms with E-state index in [4.69, 9.17) is 0 Å². The molecule has 0 amide bonds. The third-order valence-electron chi connectivity index (χ3n) is 9.44. The van der Waals surface area contributed by atoms with Crippen molar-refractivity contribution in [2.24, 2.45) is 17.8 Å². The molecule has 40 heavy (non-hydrogen) atoms. The molecule has 1 saturated carbocycles. The summed E-state index contributed by atoms with van der Waals surface area (Å²) in [5, 5.41) is 0. The molecule has 1 atom stereocenters. The van der Waals surface area contributed by atoms with Crippen LogP contribution in [-0.2, 0) is 0 Å². The van der Waals surface area contributed by atoms with Crippen molar-refractivity contribution in [3.63, 3.8) is 0 Å². The Kier molecular flexibility index (Phi) is 9.13. The Bertz CT molecular complexity index is 1350. The second-order valence-electron chi connectivity index (χ2n) is 12.0. The number of halogens is 4. The van der Waals surface area contributed by atoms with Gasteiger partial charge in [0.2, 0.25) is 0 Å². The van der Waals surface area contributed by atoms with Crippen molar-refractivity contribution >= 4 is 5.57 Å². The number of hydrogen-bond donors (Lipinski definition) is 0. The van der Waals surface area contributed by atoms with E-state index in [0.717, 1.165) is 36.7 Å². The summed E-state index contributed by atoms with van der Waals surface area (Å²) in [5.41, 5.74) is 2.76. The molecule has 0 spiro atoms. The maximum atomic E-state index is 15.3. The Hall–Kier alpha value is -2.88. The van der Waals surface area contributed by atoms with Crippen molar-refractivity contribution in [3.8, 4) is 22.3 Å². The van der Waals surface area contributed by atoms with Gasteiger partial charge in [-0.3, -0.25) is 0 Å². The molecule has 2 aliphatic carbocycles. The van der Waals surface area contributed by atoms with E-state index in [2.05, 4.69) is 13.0 Å². The molecule has 4 heteroatoms. The summed E-state index contributed by atoms with van der Waals surface area (Å²) in [5.74, 6) is -1.16. The van der Waals surface area contributed by atoms with Gasteiger partial charge in [-0.15, -0.1) is 0 Å². The second-order valence-corrected chi connectivity index (χ2v) is 12.0. The lowest BCUT2D eigenvalue weighted by Crippen LogP contribution is -2.23. The van der Waals surface area contributed by atoms with Crippen molar-refractivity contribution in [2.45, 2.75) is 84.5 Å². The molecule has 5 rings (SSSR count). The molecular formula is C36H40F4. The van der Waals surface area contributed by atoms with Crippen LogP contribution in [0.5, 0.6) is 0 Å². The number of benzene rings is 3. The topological polar surface area (TPSA) is 0 Å². The lowest BCUT2D eigenvalue weighted by Gasteiger charge is -2.35. The molecule has 0 radical (unpaired) electrons. The maximum absolute atomic E-state index is 15.3. The fourth-order valence-electron chi connectivity index (χ4n) is 6.88. The van der Waals surface area contributed by atoms with E-state index < -0.39 is 23.3 Å². The molecule has 212 valence electrons.